The highest BCUT2D eigenvalue weighted by atomic mass is 32.1. The Morgan fingerprint density at radius 1 is 1.21 bits per heavy atom. The molecule has 3 rings (SSSR count). The van der Waals surface area contributed by atoms with Crippen molar-refractivity contribution in [2.45, 2.75) is 6.42 Å². The molecule has 96 valence electrons. The fraction of sp³-hybridized carbons (Fsp3) is 0.133. The van der Waals surface area contributed by atoms with E-state index >= 15 is 0 Å². The lowest BCUT2D eigenvalue weighted by molar-refractivity contribution is 0.414. The Hall–Kier alpha value is -2.07. The first-order chi connectivity index (χ1) is 9.36. The van der Waals surface area contributed by atoms with Gasteiger partial charge in [0.2, 0.25) is 0 Å². The van der Waals surface area contributed by atoms with Gasteiger partial charge in [0.25, 0.3) is 0 Å². The molecular formula is C15H14N2OS. The van der Waals surface area contributed by atoms with Crippen LogP contribution in [-0.2, 0) is 6.42 Å². The van der Waals surface area contributed by atoms with Gasteiger partial charge in [0.05, 0.1) is 18.3 Å². The monoisotopic (exact) mass is 270 g/mol. The summed E-state index contributed by atoms with van der Waals surface area (Å²) in [6, 6.07) is 12.3. The zero-order valence-electron chi connectivity index (χ0n) is 10.6. The third kappa shape index (κ3) is 2.53. The predicted octanol–water partition coefficient (Wildman–Crippen LogP) is 3.74. The largest absolute Gasteiger partial charge is 0.497 e. The van der Waals surface area contributed by atoms with Gasteiger partial charge in [0.1, 0.15) is 11.4 Å². The van der Waals surface area contributed by atoms with Crippen molar-refractivity contribution in [3.8, 4) is 16.3 Å². The standard InChI is InChI=1S/C15H14N2OS/c1-18-12-6-4-11(5-7-12)9-13-15(17-10-16-13)14-3-2-8-19-14/h2-8,10H,9H2,1H3,(H,16,17). The van der Waals surface area contributed by atoms with E-state index in [1.54, 1.807) is 24.8 Å². The number of hydrogen-bond donors (Lipinski definition) is 1. The van der Waals surface area contributed by atoms with Crippen molar-refractivity contribution in [1.29, 1.82) is 0 Å². The zero-order valence-corrected chi connectivity index (χ0v) is 11.4. The number of hydrogen-bond acceptors (Lipinski definition) is 3. The van der Waals surface area contributed by atoms with Crippen LogP contribution in [0.15, 0.2) is 48.1 Å². The molecule has 0 spiro atoms. The molecule has 0 saturated carbocycles. The van der Waals surface area contributed by atoms with E-state index < -0.39 is 0 Å². The molecule has 0 fully saturated rings. The van der Waals surface area contributed by atoms with Crippen LogP contribution in [0.5, 0.6) is 5.75 Å². The second kappa shape index (κ2) is 5.28. The molecular weight excluding hydrogens is 256 g/mol. The smallest absolute Gasteiger partial charge is 0.118 e. The first-order valence-electron chi connectivity index (χ1n) is 6.06. The molecule has 0 unspecified atom stereocenters. The highest BCUT2D eigenvalue weighted by Gasteiger charge is 2.09. The number of ether oxygens (including phenoxy) is 1. The molecule has 0 amide bonds. The van der Waals surface area contributed by atoms with Gasteiger partial charge in [0.15, 0.2) is 0 Å². The van der Waals surface area contributed by atoms with E-state index in [1.165, 1.54) is 10.4 Å². The van der Waals surface area contributed by atoms with Crippen molar-refractivity contribution in [3.63, 3.8) is 0 Å². The summed E-state index contributed by atoms with van der Waals surface area (Å²) in [6.45, 7) is 0. The number of methoxy groups -OCH3 is 1. The van der Waals surface area contributed by atoms with Crippen molar-refractivity contribution >= 4 is 11.3 Å². The number of aromatic nitrogens is 2. The lowest BCUT2D eigenvalue weighted by atomic mass is 10.1. The minimum atomic E-state index is 0.844. The Bertz CT molecular complexity index is 641. The quantitative estimate of drug-likeness (QED) is 0.784. The molecule has 19 heavy (non-hydrogen) atoms. The SMILES string of the molecule is COc1ccc(Cc2[nH]cnc2-c2cccs2)cc1. The van der Waals surface area contributed by atoms with E-state index in [0.717, 1.165) is 23.6 Å². The van der Waals surface area contributed by atoms with Crippen molar-refractivity contribution in [2.24, 2.45) is 0 Å². The van der Waals surface area contributed by atoms with Crippen LogP contribution < -0.4 is 4.74 Å². The molecule has 2 aromatic heterocycles. The third-order valence-electron chi connectivity index (χ3n) is 3.01. The third-order valence-corrected chi connectivity index (χ3v) is 3.89. The molecule has 0 aliphatic heterocycles. The lowest BCUT2D eigenvalue weighted by Gasteiger charge is -2.04. The highest BCUT2D eigenvalue weighted by Crippen LogP contribution is 2.26. The van der Waals surface area contributed by atoms with E-state index in [4.69, 9.17) is 4.74 Å². The van der Waals surface area contributed by atoms with Crippen LogP contribution in [-0.4, -0.2) is 17.1 Å². The van der Waals surface area contributed by atoms with Crippen molar-refractivity contribution < 1.29 is 4.74 Å². The number of thiophene rings is 1. The minimum Gasteiger partial charge on any atom is -0.497 e. The molecule has 0 aliphatic rings. The van der Waals surface area contributed by atoms with Crippen LogP contribution in [0.1, 0.15) is 11.3 Å². The van der Waals surface area contributed by atoms with Crippen LogP contribution in [0.4, 0.5) is 0 Å². The number of rotatable bonds is 4. The molecule has 1 aromatic carbocycles. The minimum absolute atomic E-state index is 0.844. The Kier molecular flexibility index (Phi) is 3.33. The molecule has 0 radical (unpaired) electrons. The second-order valence-electron chi connectivity index (χ2n) is 4.23. The van der Waals surface area contributed by atoms with Gasteiger partial charge in [-0.15, -0.1) is 11.3 Å². The number of benzene rings is 1. The van der Waals surface area contributed by atoms with Gasteiger partial charge in [-0.2, -0.15) is 0 Å². The normalized spacial score (nSPS) is 10.6. The molecule has 3 aromatic rings. The topological polar surface area (TPSA) is 37.9 Å². The molecule has 0 bridgehead atoms. The van der Waals surface area contributed by atoms with Crippen LogP contribution in [0.25, 0.3) is 10.6 Å². The van der Waals surface area contributed by atoms with E-state index in [0.29, 0.717) is 0 Å². The molecule has 3 nitrogen and oxygen atoms in total. The molecule has 4 heteroatoms. The maximum atomic E-state index is 5.17. The van der Waals surface area contributed by atoms with Crippen LogP contribution in [0.3, 0.4) is 0 Å². The summed E-state index contributed by atoms with van der Waals surface area (Å²) in [5.41, 5.74) is 3.43. The fourth-order valence-electron chi connectivity index (χ4n) is 2.03. The Morgan fingerprint density at radius 3 is 2.74 bits per heavy atom. The number of aromatic amines is 1. The van der Waals surface area contributed by atoms with Crippen LogP contribution in [0, 0.1) is 0 Å². The predicted molar refractivity (Wildman–Crippen MR) is 77.7 cm³/mol. The first-order valence-corrected chi connectivity index (χ1v) is 6.94. The zero-order chi connectivity index (χ0) is 13.1. The van der Waals surface area contributed by atoms with E-state index in [9.17, 15) is 0 Å². The molecule has 0 atom stereocenters. The number of imidazole rings is 1. The maximum absolute atomic E-state index is 5.17. The van der Waals surface area contributed by atoms with Crippen molar-refractivity contribution in [1.82, 2.24) is 9.97 Å². The Morgan fingerprint density at radius 2 is 2.05 bits per heavy atom. The summed E-state index contributed by atoms with van der Waals surface area (Å²) < 4.78 is 5.17. The van der Waals surface area contributed by atoms with Gasteiger partial charge in [-0.1, -0.05) is 18.2 Å². The van der Waals surface area contributed by atoms with Gasteiger partial charge in [-0.05, 0) is 29.1 Å². The first kappa shape index (κ1) is 12.0. The summed E-state index contributed by atoms with van der Waals surface area (Å²) >= 11 is 1.71. The Labute approximate surface area is 115 Å². The molecule has 0 aliphatic carbocycles. The molecule has 2 heterocycles. The average Bonchev–Trinajstić information content (AvgIpc) is 3.10. The summed E-state index contributed by atoms with van der Waals surface area (Å²) in [7, 11) is 1.68. The van der Waals surface area contributed by atoms with Crippen LogP contribution in [0.2, 0.25) is 0 Å². The summed E-state index contributed by atoms with van der Waals surface area (Å²) in [5, 5.41) is 2.07. The average molecular weight is 270 g/mol. The number of H-pyrrole nitrogens is 1. The summed E-state index contributed by atoms with van der Waals surface area (Å²) in [4.78, 5) is 8.85. The van der Waals surface area contributed by atoms with E-state index in [2.05, 4.69) is 33.5 Å². The maximum Gasteiger partial charge on any atom is 0.118 e. The number of nitrogens with zero attached hydrogens (tertiary/aromatic N) is 1. The number of nitrogens with one attached hydrogen (secondary N) is 1. The summed E-state index contributed by atoms with van der Waals surface area (Å²) in [6.07, 6.45) is 2.60. The van der Waals surface area contributed by atoms with E-state index in [-0.39, 0.29) is 0 Å². The van der Waals surface area contributed by atoms with E-state index in [1.807, 2.05) is 18.2 Å². The fourth-order valence-corrected chi connectivity index (χ4v) is 2.78. The summed E-state index contributed by atoms with van der Waals surface area (Å²) in [5.74, 6) is 0.881. The van der Waals surface area contributed by atoms with Gasteiger partial charge < -0.3 is 9.72 Å². The van der Waals surface area contributed by atoms with Crippen molar-refractivity contribution in [2.75, 3.05) is 7.11 Å². The van der Waals surface area contributed by atoms with Crippen molar-refractivity contribution in [3.05, 3.63) is 59.4 Å². The second-order valence-corrected chi connectivity index (χ2v) is 5.18. The van der Waals surface area contributed by atoms with Gasteiger partial charge in [0, 0.05) is 12.1 Å². The van der Waals surface area contributed by atoms with Crippen LogP contribution >= 0.6 is 11.3 Å². The van der Waals surface area contributed by atoms with Gasteiger partial charge in [-0.3, -0.25) is 0 Å². The van der Waals surface area contributed by atoms with Gasteiger partial charge in [-0.25, -0.2) is 4.98 Å². The Balaban J connectivity index is 1.85. The molecule has 0 saturated heterocycles. The van der Waals surface area contributed by atoms with Gasteiger partial charge >= 0.3 is 0 Å². The lowest BCUT2D eigenvalue weighted by Crippen LogP contribution is -1.91. The molecule has 1 N–H and O–H groups in total. The highest BCUT2D eigenvalue weighted by molar-refractivity contribution is 7.13.